The Balaban J connectivity index is 1.84. The van der Waals surface area contributed by atoms with Crippen molar-refractivity contribution in [1.82, 2.24) is 10.2 Å². The molecule has 0 saturated carbocycles. The van der Waals surface area contributed by atoms with E-state index in [1.54, 1.807) is 0 Å². The van der Waals surface area contributed by atoms with Crippen LogP contribution >= 0.6 is 11.6 Å². The summed E-state index contributed by atoms with van der Waals surface area (Å²) in [5.41, 5.74) is 0.846. The molecule has 1 fully saturated rings. The molecule has 2 unspecified atom stereocenters. The van der Waals surface area contributed by atoms with E-state index in [2.05, 4.69) is 17.3 Å². The van der Waals surface area contributed by atoms with Gasteiger partial charge in [0.25, 0.3) is 0 Å². The summed E-state index contributed by atoms with van der Waals surface area (Å²) < 4.78 is 0. The van der Waals surface area contributed by atoms with Gasteiger partial charge in [0, 0.05) is 12.6 Å². The van der Waals surface area contributed by atoms with E-state index >= 15 is 0 Å². The zero-order chi connectivity index (χ0) is 13.7. The minimum absolute atomic E-state index is 0.105. The van der Waals surface area contributed by atoms with Gasteiger partial charge in [-0.3, -0.25) is 4.79 Å². The highest BCUT2D eigenvalue weighted by molar-refractivity contribution is 6.30. The molecule has 0 radical (unpaired) electrons. The van der Waals surface area contributed by atoms with Crippen molar-refractivity contribution in [3.63, 3.8) is 0 Å². The topological polar surface area (TPSA) is 32.3 Å². The minimum atomic E-state index is -0.602. The number of hydrogen-bond donors (Lipinski definition) is 1. The lowest BCUT2D eigenvalue weighted by atomic mass is 10.0. The van der Waals surface area contributed by atoms with Crippen LogP contribution < -0.4 is 5.32 Å². The van der Waals surface area contributed by atoms with Gasteiger partial charge in [-0.15, -0.1) is 11.6 Å². The highest BCUT2D eigenvalue weighted by Crippen LogP contribution is 2.20. The fourth-order valence-corrected chi connectivity index (χ4v) is 2.71. The van der Waals surface area contributed by atoms with Crippen molar-refractivity contribution < 1.29 is 4.79 Å². The van der Waals surface area contributed by atoms with Crippen molar-refractivity contribution in [3.8, 4) is 0 Å². The second-order valence-corrected chi connectivity index (χ2v) is 5.59. The number of rotatable bonds is 4. The number of hydrogen-bond acceptors (Lipinski definition) is 2. The maximum atomic E-state index is 12.0. The average Bonchev–Trinajstić information content (AvgIpc) is 2.46. The monoisotopic (exact) mass is 280 g/mol. The van der Waals surface area contributed by atoms with Crippen molar-refractivity contribution in [2.75, 3.05) is 20.1 Å². The lowest BCUT2D eigenvalue weighted by Crippen LogP contribution is -2.45. The number of nitrogens with zero attached hydrogens (tertiary/aromatic N) is 1. The highest BCUT2D eigenvalue weighted by Gasteiger charge is 2.22. The Bertz CT molecular complexity index is 410. The Morgan fingerprint density at radius 1 is 1.42 bits per heavy atom. The van der Waals surface area contributed by atoms with Crippen LogP contribution in [0.3, 0.4) is 0 Å². The molecular weight excluding hydrogens is 260 g/mol. The van der Waals surface area contributed by atoms with Crippen molar-refractivity contribution in [3.05, 3.63) is 35.9 Å². The van der Waals surface area contributed by atoms with Crippen LogP contribution in [-0.4, -0.2) is 37.0 Å². The van der Waals surface area contributed by atoms with E-state index in [0.29, 0.717) is 12.6 Å². The Kier molecular flexibility index (Phi) is 5.23. The lowest BCUT2D eigenvalue weighted by molar-refractivity contribution is -0.121. The minimum Gasteiger partial charge on any atom is -0.353 e. The molecule has 1 heterocycles. The summed E-state index contributed by atoms with van der Waals surface area (Å²) in [6.07, 6.45) is 3.64. The van der Waals surface area contributed by atoms with E-state index in [1.165, 1.54) is 12.8 Å². The normalized spacial score (nSPS) is 21.9. The lowest BCUT2D eigenvalue weighted by Gasteiger charge is -2.32. The van der Waals surface area contributed by atoms with Gasteiger partial charge in [-0.1, -0.05) is 36.8 Å². The third-order valence-electron chi connectivity index (χ3n) is 3.76. The molecule has 0 aliphatic carbocycles. The third kappa shape index (κ3) is 3.95. The first-order chi connectivity index (χ1) is 9.18. The maximum Gasteiger partial charge on any atom is 0.242 e. The molecule has 0 bridgehead atoms. The Morgan fingerprint density at radius 3 is 2.84 bits per heavy atom. The molecule has 19 heavy (non-hydrogen) atoms. The number of halogens is 1. The standard InChI is InChI=1S/C15H21ClN2O/c1-18-10-6-5-9-13(18)11-17-15(19)14(16)12-7-3-2-4-8-12/h2-4,7-8,13-14H,5-6,9-11H2,1H3,(H,17,19). The van der Waals surface area contributed by atoms with Crippen LogP contribution in [0.4, 0.5) is 0 Å². The smallest absolute Gasteiger partial charge is 0.242 e. The molecule has 104 valence electrons. The summed E-state index contributed by atoms with van der Waals surface area (Å²) in [5.74, 6) is -0.105. The SMILES string of the molecule is CN1CCCCC1CNC(=O)C(Cl)c1ccccc1. The molecule has 1 aliphatic heterocycles. The second kappa shape index (κ2) is 6.92. The van der Waals surface area contributed by atoms with Gasteiger partial charge in [-0.05, 0) is 32.0 Å². The van der Waals surface area contributed by atoms with Gasteiger partial charge in [-0.25, -0.2) is 0 Å². The predicted octanol–water partition coefficient (Wildman–Crippen LogP) is 2.57. The summed E-state index contributed by atoms with van der Waals surface area (Å²) in [6.45, 7) is 1.80. The number of likely N-dealkylation sites (N-methyl/N-ethyl adjacent to an activating group) is 1. The van der Waals surface area contributed by atoms with E-state index in [0.717, 1.165) is 18.5 Å². The number of nitrogens with one attached hydrogen (secondary N) is 1. The zero-order valence-corrected chi connectivity index (χ0v) is 12.1. The molecule has 4 heteroatoms. The molecule has 1 aromatic rings. The van der Waals surface area contributed by atoms with Crippen LogP contribution in [0.5, 0.6) is 0 Å². The molecule has 2 rings (SSSR count). The number of alkyl halides is 1. The Labute approximate surface area is 119 Å². The first-order valence-electron chi connectivity index (χ1n) is 6.85. The number of carbonyl (C=O) groups excluding carboxylic acids is 1. The maximum absolute atomic E-state index is 12.0. The van der Waals surface area contributed by atoms with Crippen LogP contribution in [0.25, 0.3) is 0 Å². The molecule has 1 aromatic carbocycles. The molecule has 1 aliphatic rings. The molecule has 3 nitrogen and oxygen atoms in total. The van der Waals surface area contributed by atoms with Gasteiger partial charge < -0.3 is 10.2 Å². The van der Waals surface area contributed by atoms with Crippen LogP contribution in [0.2, 0.25) is 0 Å². The molecular formula is C15H21ClN2O. The van der Waals surface area contributed by atoms with Crippen LogP contribution in [0.1, 0.15) is 30.2 Å². The zero-order valence-electron chi connectivity index (χ0n) is 11.3. The number of likely N-dealkylation sites (tertiary alicyclic amines) is 1. The van der Waals surface area contributed by atoms with Gasteiger partial charge in [0.1, 0.15) is 5.38 Å². The quantitative estimate of drug-likeness (QED) is 0.860. The van der Waals surface area contributed by atoms with Crippen molar-refractivity contribution >= 4 is 17.5 Å². The van der Waals surface area contributed by atoms with Crippen LogP contribution in [0.15, 0.2) is 30.3 Å². The Hall–Kier alpha value is -1.06. The fourth-order valence-electron chi connectivity index (χ4n) is 2.48. The van der Waals surface area contributed by atoms with Gasteiger partial charge in [0.05, 0.1) is 0 Å². The van der Waals surface area contributed by atoms with Gasteiger partial charge in [-0.2, -0.15) is 0 Å². The number of benzene rings is 1. The molecule has 1 saturated heterocycles. The van der Waals surface area contributed by atoms with Crippen LogP contribution in [0, 0.1) is 0 Å². The van der Waals surface area contributed by atoms with Gasteiger partial charge in [0.2, 0.25) is 5.91 Å². The number of amides is 1. The van der Waals surface area contributed by atoms with Crippen molar-refractivity contribution in [2.45, 2.75) is 30.7 Å². The van der Waals surface area contributed by atoms with E-state index < -0.39 is 5.38 Å². The molecule has 1 amide bonds. The molecule has 0 spiro atoms. The summed E-state index contributed by atoms with van der Waals surface area (Å²) in [6, 6.07) is 9.91. The van der Waals surface area contributed by atoms with E-state index in [9.17, 15) is 4.79 Å². The number of carbonyl (C=O) groups is 1. The van der Waals surface area contributed by atoms with E-state index in [1.807, 2.05) is 30.3 Å². The third-order valence-corrected chi connectivity index (χ3v) is 4.21. The van der Waals surface area contributed by atoms with Gasteiger partial charge >= 0.3 is 0 Å². The average molecular weight is 281 g/mol. The van der Waals surface area contributed by atoms with Crippen molar-refractivity contribution in [1.29, 1.82) is 0 Å². The fraction of sp³-hybridized carbons (Fsp3) is 0.533. The first kappa shape index (κ1) is 14.4. The Morgan fingerprint density at radius 2 is 2.16 bits per heavy atom. The predicted molar refractivity (Wildman–Crippen MR) is 78.3 cm³/mol. The molecule has 1 N–H and O–H groups in total. The highest BCUT2D eigenvalue weighted by atomic mass is 35.5. The molecule has 2 atom stereocenters. The number of piperidine rings is 1. The van der Waals surface area contributed by atoms with Crippen LogP contribution in [-0.2, 0) is 4.79 Å². The first-order valence-corrected chi connectivity index (χ1v) is 7.29. The second-order valence-electron chi connectivity index (χ2n) is 5.15. The summed E-state index contributed by atoms with van der Waals surface area (Å²) in [7, 11) is 2.12. The van der Waals surface area contributed by atoms with E-state index in [4.69, 9.17) is 11.6 Å². The summed E-state index contributed by atoms with van der Waals surface area (Å²) >= 11 is 6.19. The largest absolute Gasteiger partial charge is 0.353 e. The summed E-state index contributed by atoms with van der Waals surface area (Å²) in [4.78, 5) is 14.3. The summed E-state index contributed by atoms with van der Waals surface area (Å²) in [5, 5.41) is 2.37. The van der Waals surface area contributed by atoms with E-state index in [-0.39, 0.29) is 5.91 Å². The van der Waals surface area contributed by atoms with Gasteiger partial charge in [0.15, 0.2) is 0 Å². The van der Waals surface area contributed by atoms with Crippen molar-refractivity contribution in [2.24, 2.45) is 0 Å². The molecule has 0 aromatic heterocycles.